The molecular formula is C30H29BrN2O3. The van der Waals surface area contributed by atoms with Crippen LogP contribution >= 0.6 is 15.9 Å². The number of rotatable bonds is 10. The molecule has 0 heterocycles. The van der Waals surface area contributed by atoms with Crippen molar-refractivity contribution in [2.75, 3.05) is 13.2 Å². The molecule has 1 N–H and O–H groups in total. The molecule has 0 aromatic heterocycles. The monoisotopic (exact) mass is 544 g/mol. The number of nitrogens with one attached hydrogen (secondary N) is 1. The van der Waals surface area contributed by atoms with Gasteiger partial charge in [0.1, 0.15) is 11.8 Å². The van der Waals surface area contributed by atoms with Gasteiger partial charge in [-0.25, -0.2) is 0 Å². The van der Waals surface area contributed by atoms with Gasteiger partial charge in [-0.15, -0.1) is 0 Å². The molecule has 6 heteroatoms. The first-order chi connectivity index (χ1) is 17.6. The number of nitrogens with zero attached hydrogens (tertiary/aromatic N) is 1. The van der Waals surface area contributed by atoms with Gasteiger partial charge in [0.25, 0.3) is 5.91 Å². The summed E-state index contributed by atoms with van der Waals surface area (Å²) in [5.74, 6) is 0.142. The Morgan fingerprint density at radius 3 is 2.19 bits per heavy atom. The zero-order valence-corrected chi connectivity index (χ0v) is 21.8. The van der Waals surface area contributed by atoms with Crippen molar-refractivity contribution in [2.45, 2.75) is 25.9 Å². The number of hydrogen-bond donors (Lipinski definition) is 1. The van der Waals surface area contributed by atoms with Crippen LogP contribution in [0.1, 0.15) is 18.1 Å². The third kappa shape index (κ3) is 6.32. The van der Waals surface area contributed by atoms with Crippen molar-refractivity contribution in [2.24, 2.45) is 0 Å². The second-order valence-electron chi connectivity index (χ2n) is 8.49. The predicted octanol–water partition coefficient (Wildman–Crippen LogP) is 5.76. The Labute approximate surface area is 220 Å². The normalized spacial score (nSPS) is 11.6. The molecular weight excluding hydrogens is 516 g/mol. The largest absolute Gasteiger partial charge is 0.483 e. The fraction of sp³-hybridized carbons (Fsp3) is 0.200. The van der Waals surface area contributed by atoms with Crippen molar-refractivity contribution in [3.8, 4) is 5.75 Å². The molecule has 0 bridgehead atoms. The molecule has 184 valence electrons. The lowest BCUT2D eigenvalue weighted by molar-refractivity contribution is -0.142. The smallest absolute Gasteiger partial charge is 0.261 e. The highest BCUT2D eigenvalue weighted by atomic mass is 79.9. The van der Waals surface area contributed by atoms with E-state index in [0.29, 0.717) is 25.3 Å². The van der Waals surface area contributed by atoms with Crippen LogP contribution in [0.4, 0.5) is 0 Å². The molecule has 2 amide bonds. The molecule has 4 aromatic carbocycles. The molecule has 0 aliphatic carbocycles. The van der Waals surface area contributed by atoms with Crippen molar-refractivity contribution < 1.29 is 14.3 Å². The van der Waals surface area contributed by atoms with Gasteiger partial charge >= 0.3 is 0 Å². The number of benzene rings is 4. The first-order valence-corrected chi connectivity index (χ1v) is 12.8. The van der Waals surface area contributed by atoms with Crippen LogP contribution in [0, 0.1) is 0 Å². The summed E-state index contributed by atoms with van der Waals surface area (Å²) in [7, 11) is 0. The number of ether oxygens (including phenoxy) is 1. The van der Waals surface area contributed by atoms with E-state index < -0.39 is 6.04 Å². The third-order valence-electron chi connectivity index (χ3n) is 6.00. The first kappa shape index (κ1) is 25.5. The minimum Gasteiger partial charge on any atom is -0.483 e. The molecule has 0 radical (unpaired) electrons. The quantitative estimate of drug-likeness (QED) is 0.276. The van der Waals surface area contributed by atoms with Gasteiger partial charge in [-0.2, -0.15) is 0 Å². The second-order valence-corrected chi connectivity index (χ2v) is 9.29. The van der Waals surface area contributed by atoms with Crippen LogP contribution in [-0.2, 0) is 22.6 Å². The van der Waals surface area contributed by atoms with Gasteiger partial charge < -0.3 is 15.0 Å². The lowest BCUT2D eigenvalue weighted by Crippen LogP contribution is -2.51. The summed E-state index contributed by atoms with van der Waals surface area (Å²) in [6, 6.07) is 30.6. The molecule has 0 aliphatic heterocycles. The minimum absolute atomic E-state index is 0.183. The maximum Gasteiger partial charge on any atom is 0.261 e. The molecule has 0 aliphatic rings. The Hall–Kier alpha value is -3.64. The fourth-order valence-corrected chi connectivity index (χ4v) is 4.78. The lowest BCUT2D eigenvalue weighted by Gasteiger charge is -2.31. The Morgan fingerprint density at radius 2 is 1.50 bits per heavy atom. The predicted molar refractivity (Wildman–Crippen MR) is 147 cm³/mol. The Bertz CT molecular complexity index is 1310. The van der Waals surface area contributed by atoms with Crippen molar-refractivity contribution in [3.63, 3.8) is 0 Å². The van der Waals surface area contributed by atoms with Crippen molar-refractivity contribution in [3.05, 3.63) is 113 Å². The Morgan fingerprint density at radius 1 is 0.861 bits per heavy atom. The molecule has 0 saturated heterocycles. The molecule has 0 spiro atoms. The van der Waals surface area contributed by atoms with E-state index in [4.69, 9.17) is 4.74 Å². The van der Waals surface area contributed by atoms with E-state index in [9.17, 15) is 9.59 Å². The van der Waals surface area contributed by atoms with Gasteiger partial charge in [0.15, 0.2) is 6.61 Å². The summed E-state index contributed by atoms with van der Waals surface area (Å²) < 4.78 is 6.79. The summed E-state index contributed by atoms with van der Waals surface area (Å²) in [6.07, 6.45) is 0.408. The maximum atomic E-state index is 13.6. The summed E-state index contributed by atoms with van der Waals surface area (Å²) in [5.41, 5.74) is 1.93. The highest BCUT2D eigenvalue weighted by Crippen LogP contribution is 2.33. The summed E-state index contributed by atoms with van der Waals surface area (Å²) in [5, 5.41) is 4.99. The van der Waals surface area contributed by atoms with Crippen molar-refractivity contribution >= 4 is 38.5 Å². The van der Waals surface area contributed by atoms with E-state index in [1.54, 1.807) is 4.90 Å². The van der Waals surface area contributed by atoms with Crippen LogP contribution < -0.4 is 10.1 Å². The van der Waals surface area contributed by atoms with Crippen molar-refractivity contribution in [1.29, 1.82) is 0 Å². The maximum absolute atomic E-state index is 13.6. The number of carbonyl (C=O) groups is 2. The zero-order chi connectivity index (χ0) is 25.3. The minimum atomic E-state index is -0.677. The van der Waals surface area contributed by atoms with Crippen LogP contribution in [0.2, 0.25) is 0 Å². The van der Waals surface area contributed by atoms with Gasteiger partial charge in [0.05, 0.1) is 4.47 Å². The van der Waals surface area contributed by atoms with E-state index >= 15 is 0 Å². The van der Waals surface area contributed by atoms with Gasteiger partial charge in [-0.3, -0.25) is 9.59 Å². The third-order valence-corrected chi connectivity index (χ3v) is 6.81. The van der Waals surface area contributed by atoms with Crippen LogP contribution in [0.25, 0.3) is 10.8 Å². The highest BCUT2D eigenvalue weighted by molar-refractivity contribution is 9.10. The number of fused-ring (bicyclic) bond motifs is 1. The second kappa shape index (κ2) is 12.4. The summed E-state index contributed by atoms with van der Waals surface area (Å²) in [6.45, 7) is 2.48. The fourth-order valence-electron chi connectivity index (χ4n) is 4.17. The van der Waals surface area contributed by atoms with Gasteiger partial charge in [0, 0.05) is 19.5 Å². The number of halogens is 1. The average molecular weight is 545 g/mol. The molecule has 1 unspecified atom stereocenters. The molecule has 0 fully saturated rings. The number of hydrogen-bond acceptors (Lipinski definition) is 3. The molecule has 4 aromatic rings. The molecule has 5 nitrogen and oxygen atoms in total. The molecule has 0 saturated carbocycles. The highest BCUT2D eigenvalue weighted by Gasteiger charge is 2.30. The van der Waals surface area contributed by atoms with Gasteiger partial charge in [-0.05, 0) is 50.8 Å². The molecule has 36 heavy (non-hydrogen) atoms. The van der Waals surface area contributed by atoms with Crippen LogP contribution in [0.15, 0.2) is 102 Å². The Balaban J connectivity index is 1.61. The number of amides is 2. The van der Waals surface area contributed by atoms with E-state index in [2.05, 4.69) is 21.2 Å². The van der Waals surface area contributed by atoms with Crippen LogP contribution in [0.3, 0.4) is 0 Å². The van der Waals surface area contributed by atoms with E-state index in [0.717, 1.165) is 26.4 Å². The SMILES string of the molecule is CCNC(=O)C(Cc1ccccc1)N(Cc1ccccc1)C(=O)COc1ccc2ccccc2c1Br. The van der Waals surface area contributed by atoms with Gasteiger partial charge in [0.2, 0.25) is 5.91 Å². The molecule has 4 rings (SSSR count). The lowest BCUT2D eigenvalue weighted by atomic mass is 10.0. The molecule has 1 atom stereocenters. The average Bonchev–Trinajstić information content (AvgIpc) is 2.91. The van der Waals surface area contributed by atoms with Crippen LogP contribution in [0.5, 0.6) is 5.75 Å². The number of likely N-dealkylation sites (N-methyl/N-ethyl adjacent to an activating group) is 1. The van der Waals surface area contributed by atoms with Crippen LogP contribution in [-0.4, -0.2) is 35.9 Å². The van der Waals surface area contributed by atoms with Gasteiger partial charge in [-0.1, -0.05) is 91.0 Å². The first-order valence-electron chi connectivity index (χ1n) is 12.0. The summed E-state index contributed by atoms with van der Waals surface area (Å²) in [4.78, 5) is 28.5. The van der Waals surface area contributed by atoms with E-state index in [1.807, 2.05) is 104 Å². The standard InChI is InChI=1S/C30H29BrN2O3/c1-2-32-30(35)26(19-22-11-5-3-6-12-22)33(20-23-13-7-4-8-14-23)28(34)21-36-27-18-17-24-15-9-10-16-25(24)29(27)31/h3-18,26H,2,19-21H2,1H3,(H,32,35). The summed E-state index contributed by atoms with van der Waals surface area (Å²) >= 11 is 3.63. The van der Waals surface area contributed by atoms with E-state index in [-0.39, 0.29) is 18.4 Å². The zero-order valence-electron chi connectivity index (χ0n) is 20.2. The number of carbonyl (C=O) groups excluding carboxylic acids is 2. The van der Waals surface area contributed by atoms with Crippen molar-refractivity contribution in [1.82, 2.24) is 10.2 Å². The van der Waals surface area contributed by atoms with E-state index in [1.165, 1.54) is 0 Å². The topological polar surface area (TPSA) is 58.6 Å². The Kier molecular flexibility index (Phi) is 8.74.